The first-order valence-corrected chi connectivity index (χ1v) is 6.48. The molecule has 1 atom stereocenters. The van der Waals surface area contributed by atoms with Crippen molar-refractivity contribution in [3.05, 3.63) is 33.9 Å². The summed E-state index contributed by atoms with van der Waals surface area (Å²) in [7, 11) is 1.39. The molecule has 6 nitrogen and oxygen atoms in total. The first kappa shape index (κ1) is 16.5. The Morgan fingerprint density at radius 3 is 2.68 bits per heavy atom. The third kappa shape index (κ3) is 3.00. The van der Waals surface area contributed by atoms with Gasteiger partial charge < -0.3 is 14.7 Å². The van der Waals surface area contributed by atoms with E-state index in [0.717, 1.165) is 0 Å². The Balaban J connectivity index is 2.31. The van der Waals surface area contributed by atoms with Gasteiger partial charge in [0.25, 0.3) is 5.69 Å². The van der Waals surface area contributed by atoms with Gasteiger partial charge in [-0.3, -0.25) is 10.1 Å². The topological polar surface area (TPSA) is 75.8 Å². The van der Waals surface area contributed by atoms with Crippen LogP contribution in [0.2, 0.25) is 0 Å². The van der Waals surface area contributed by atoms with E-state index < -0.39 is 29.7 Å². The number of nitro benzene ring substituents is 1. The van der Waals surface area contributed by atoms with Crippen molar-refractivity contribution in [1.82, 2.24) is 0 Å². The Kier molecular flexibility index (Phi) is 4.30. The summed E-state index contributed by atoms with van der Waals surface area (Å²) >= 11 is 0. The minimum atomic E-state index is -4.72. The van der Waals surface area contributed by atoms with Crippen LogP contribution in [0.4, 0.5) is 24.5 Å². The Morgan fingerprint density at radius 1 is 1.50 bits per heavy atom. The molecule has 122 valence electrons. The number of rotatable bonds is 4. The number of nitrogens with zero attached hydrogens (tertiary/aromatic N) is 2. The van der Waals surface area contributed by atoms with Gasteiger partial charge >= 0.3 is 6.18 Å². The van der Waals surface area contributed by atoms with Crippen molar-refractivity contribution in [1.29, 1.82) is 0 Å². The van der Waals surface area contributed by atoms with Crippen LogP contribution in [0.5, 0.6) is 0 Å². The lowest BCUT2D eigenvalue weighted by Gasteiger charge is -2.27. The molecule has 1 fully saturated rings. The van der Waals surface area contributed by atoms with Gasteiger partial charge in [0.1, 0.15) is 0 Å². The van der Waals surface area contributed by atoms with Crippen LogP contribution in [0.1, 0.15) is 12.0 Å². The Bertz CT molecular complexity index is 579. The molecule has 0 amide bonds. The minimum absolute atomic E-state index is 0.00450. The van der Waals surface area contributed by atoms with Crippen molar-refractivity contribution in [2.75, 3.05) is 25.1 Å². The molecular formula is C13H15F3N2O4. The number of hydrogen-bond donors (Lipinski definition) is 1. The van der Waals surface area contributed by atoms with Gasteiger partial charge in [-0.25, -0.2) is 0 Å². The van der Waals surface area contributed by atoms with Gasteiger partial charge in [0.2, 0.25) is 0 Å². The number of non-ortho nitro benzene ring substituents is 1. The molecule has 1 unspecified atom stereocenters. The van der Waals surface area contributed by atoms with Crippen LogP contribution in [0.15, 0.2) is 18.2 Å². The first-order chi connectivity index (χ1) is 10.2. The van der Waals surface area contributed by atoms with Gasteiger partial charge in [0.15, 0.2) is 5.60 Å². The Labute approximate surface area is 124 Å². The quantitative estimate of drug-likeness (QED) is 0.680. The van der Waals surface area contributed by atoms with Crippen LogP contribution in [-0.4, -0.2) is 42.0 Å². The summed E-state index contributed by atoms with van der Waals surface area (Å²) in [5, 5.41) is 20.5. The highest BCUT2D eigenvalue weighted by Gasteiger charge is 2.57. The summed E-state index contributed by atoms with van der Waals surface area (Å²) < 4.78 is 43.5. The van der Waals surface area contributed by atoms with E-state index in [2.05, 4.69) is 0 Å². The zero-order chi connectivity index (χ0) is 16.5. The molecule has 1 N–H and O–H groups in total. The standard InChI is InChI=1S/C13H15F3N2O4/c1-22-7-9-6-10(18(20)21)2-3-11(9)17-5-4-12(19,8-17)13(14,15)16/h2-3,6,19H,4-5,7-8H2,1H3. The van der Waals surface area contributed by atoms with Crippen LogP contribution in [0.25, 0.3) is 0 Å². The summed E-state index contributed by atoms with van der Waals surface area (Å²) in [6, 6.07) is 3.87. The van der Waals surface area contributed by atoms with Crippen molar-refractivity contribution in [3.63, 3.8) is 0 Å². The number of aliphatic hydroxyl groups is 1. The molecule has 1 saturated heterocycles. The fourth-order valence-electron chi connectivity index (χ4n) is 2.50. The van der Waals surface area contributed by atoms with Crippen molar-refractivity contribution < 1.29 is 27.9 Å². The molecule has 1 aliphatic heterocycles. The zero-order valence-corrected chi connectivity index (χ0v) is 11.8. The second-order valence-electron chi connectivity index (χ2n) is 5.20. The van der Waals surface area contributed by atoms with Crippen LogP contribution < -0.4 is 4.90 Å². The highest BCUT2D eigenvalue weighted by Crippen LogP contribution is 2.40. The monoisotopic (exact) mass is 320 g/mol. The predicted molar refractivity (Wildman–Crippen MR) is 71.6 cm³/mol. The molecule has 1 aliphatic rings. The molecule has 0 saturated carbocycles. The van der Waals surface area contributed by atoms with E-state index in [1.165, 1.54) is 30.2 Å². The average molecular weight is 320 g/mol. The fraction of sp³-hybridized carbons (Fsp3) is 0.538. The van der Waals surface area contributed by atoms with Gasteiger partial charge in [-0.15, -0.1) is 0 Å². The maximum absolute atomic E-state index is 12.9. The maximum atomic E-state index is 12.9. The van der Waals surface area contributed by atoms with E-state index in [4.69, 9.17) is 4.74 Å². The van der Waals surface area contributed by atoms with E-state index in [-0.39, 0.29) is 18.8 Å². The summed E-state index contributed by atoms with van der Waals surface area (Å²) in [4.78, 5) is 11.6. The Morgan fingerprint density at radius 2 is 2.18 bits per heavy atom. The van der Waals surface area contributed by atoms with Crippen molar-refractivity contribution in [3.8, 4) is 0 Å². The number of alkyl halides is 3. The number of β-amino-alcohol motifs (C(OH)–C–C–N with tert-alkyl or cyclic N) is 1. The first-order valence-electron chi connectivity index (χ1n) is 6.48. The molecule has 22 heavy (non-hydrogen) atoms. The number of hydrogen-bond acceptors (Lipinski definition) is 5. The second kappa shape index (κ2) is 5.73. The van der Waals surface area contributed by atoms with Crippen LogP contribution in [-0.2, 0) is 11.3 Å². The van der Waals surface area contributed by atoms with E-state index in [0.29, 0.717) is 11.3 Å². The zero-order valence-electron chi connectivity index (χ0n) is 11.8. The number of methoxy groups -OCH3 is 1. The molecule has 0 aliphatic carbocycles. The van der Waals surface area contributed by atoms with E-state index in [1.807, 2.05) is 0 Å². The van der Waals surface area contributed by atoms with E-state index >= 15 is 0 Å². The van der Waals surface area contributed by atoms with Gasteiger partial charge in [0.05, 0.1) is 18.1 Å². The van der Waals surface area contributed by atoms with Crippen molar-refractivity contribution in [2.24, 2.45) is 0 Å². The second-order valence-corrected chi connectivity index (χ2v) is 5.20. The molecule has 2 rings (SSSR count). The third-order valence-corrected chi connectivity index (χ3v) is 3.69. The van der Waals surface area contributed by atoms with Gasteiger partial charge in [-0.1, -0.05) is 0 Å². The summed E-state index contributed by atoms with van der Waals surface area (Å²) in [5.41, 5.74) is -2.13. The molecule has 0 aromatic heterocycles. The molecule has 0 spiro atoms. The Hall–Kier alpha value is -1.87. The number of halogens is 3. The largest absolute Gasteiger partial charge is 0.418 e. The van der Waals surface area contributed by atoms with Crippen molar-refractivity contribution >= 4 is 11.4 Å². The lowest BCUT2D eigenvalue weighted by molar-refractivity contribution is -0.384. The van der Waals surface area contributed by atoms with Crippen LogP contribution in [0, 0.1) is 10.1 Å². The van der Waals surface area contributed by atoms with Gasteiger partial charge in [-0.2, -0.15) is 13.2 Å². The summed E-state index contributed by atoms with van der Waals surface area (Å²) in [6.07, 6.45) is -5.16. The molecule has 1 aromatic carbocycles. The number of anilines is 1. The number of ether oxygens (including phenoxy) is 1. The normalized spacial score (nSPS) is 22.1. The molecule has 9 heteroatoms. The van der Waals surface area contributed by atoms with Gasteiger partial charge in [-0.05, 0) is 6.07 Å². The summed E-state index contributed by atoms with van der Waals surface area (Å²) in [6.45, 7) is -0.576. The molecular weight excluding hydrogens is 305 g/mol. The average Bonchev–Trinajstić information content (AvgIpc) is 2.82. The molecule has 1 aromatic rings. The number of nitro groups is 1. The van der Waals surface area contributed by atoms with Crippen LogP contribution in [0.3, 0.4) is 0 Å². The number of benzene rings is 1. The van der Waals surface area contributed by atoms with Crippen LogP contribution >= 0.6 is 0 Å². The predicted octanol–water partition coefficient (Wildman–Crippen LogP) is 2.24. The lowest BCUT2D eigenvalue weighted by atomic mass is 10.0. The lowest BCUT2D eigenvalue weighted by Crippen LogP contribution is -2.47. The molecule has 0 radical (unpaired) electrons. The smallest absolute Gasteiger partial charge is 0.380 e. The highest BCUT2D eigenvalue weighted by atomic mass is 19.4. The maximum Gasteiger partial charge on any atom is 0.418 e. The van der Waals surface area contributed by atoms with Gasteiger partial charge in [0, 0.05) is 43.5 Å². The highest BCUT2D eigenvalue weighted by molar-refractivity contribution is 5.59. The summed E-state index contributed by atoms with van der Waals surface area (Å²) in [5.74, 6) is 0. The molecule has 0 bridgehead atoms. The fourth-order valence-corrected chi connectivity index (χ4v) is 2.50. The van der Waals surface area contributed by atoms with E-state index in [1.54, 1.807) is 0 Å². The minimum Gasteiger partial charge on any atom is -0.380 e. The third-order valence-electron chi connectivity index (χ3n) is 3.69. The SMILES string of the molecule is COCc1cc([N+](=O)[O-])ccc1N1CCC(O)(C(F)(F)F)C1. The molecule has 1 heterocycles. The van der Waals surface area contributed by atoms with Crippen molar-refractivity contribution in [2.45, 2.75) is 24.8 Å². The van der Waals surface area contributed by atoms with E-state index in [9.17, 15) is 28.4 Å².